The van der Waals surface area contributed by atoms with E-state index < -0.39 is 0 Å². The summed E-state index contributed by atoms with van der Waals surface area (Å²) in [7, 11) is 1.77. The number of guanidine groups is 1. The standard InChI is InChI=1S/C19H25FN4S.HI/c1-14(24-9-7-18-16(13-24)8-10-25-18)11-22-19(21-2)23-12-15-3-5-17(20)6-4-15;/h3-6,8,10,14H,7,9,11-13H2,1-2H3,(H2,21,22,23);1H. The zero-order valence-corrected chi connectivity index (χ0v) is 18.3. The molecule has 0 amide bonds. The third-order valence-electron chi connectivity index (χ3n) is 4.62. The van der Waals surface area contributed by atoms with E-state index in [2.05, 4.69) is 38.9 Å². The molecule has 3 rings (SSSR count). The van der Waals surface area contributed by atoms with Crippen LogP contribution in [0.15, 0.2) is 40.7 Å². The van der Waals surface area contributed by atoms with Gasteiger partial charge in [-0.25, -0.2) is 4.39 Å². The van der Waals surface area contributed by atoms with Gasteiger partial charge in [-0.3, -0.25) is 9.89 Å². The van der Waals surface area contributed by atoms with Crippen LogP contribution >= 0.6 is 35.3 Å². The van der Waals surface area contributed by atoms with E-state index >= 15 is 0 Å². The first kappa shape index (κ1) is 21.1. The highest BCUT2D eigenvalue weighted by molar-refractivity contribution is 14.0. The predicted octanol–water partition coefficient (Wildman–Crippen LogP) is 3.62. The third kappa shape index (κ3) is 5.65. The van der Waals surface area contributed by atoms with Crippen molar-refractivity contribution < 1.29 is 4.39 Å². The van der Waals surface area contributed by atoms with E-state index in [-0.39, 0.29) is 29.8 Å². The second-order valence-corrected chi connectivity index (χ2v) is 7.37. The molecule has 7 heteroatoms. The van der Waals surface area contributed by atoms with Crippen LogP contribution in [-0.4, -0.2) is 37.0 Å². The van der Waals surface area contributed by atoms with E-state index in [0.717, 1.165) is 37.6 Å². The quantitative estimate of drug-likeness (QED) is 0.384. The lowest BCUT2D eigenvalue weighted by Crippen LogP contribution is -2.47. The summed E-state index contributed by atoms with van der Waals surface area (Å²) in [5.74, 6) is 0.555. The first-order valence-electron chi connectivity index (χ1n) is 8.64. The Morgan fingerprint density at radius 3 is 2.77 bits per heavy atom. The van der Waals surface area contributed by atoms with E-state index in [1.807, 2.05) is 11.3 Å². The summed E-state index contributed by atoms with van der Waals surface area (Å²) in [5, 5.41) is 8.86. The van der Waals surface area contributed by atoms with Crippen molar-refractivity contribution in [2.75, 3.05) is 20.1 Å². The fourth-order valence-corrected chi connectivity index (χ4v) is 3.92. The molecule has 1 aromatic heterocycles. The van der Waals surface area contributed by atoms with E-state index in [1.165, 1.54) is 22.6 Å². The molecule has 1 aliphatic rings. The van der Waals surface area contributed by atoms with Crippen molar-refractivity contribution in [3.63, 3.8) is 0 Å². The van der Waals surface area contributed by atoms with Crippen molar-refractivity contribution in [1.29, 1.82) is 0 Å². The summed E-state index contributed by atoms with van der Waals surface area (Å²) in [6.45, 7) is 5.84. The maximum absolute atomic E-state index is 12.9. The van der Waals surface area contributed by atoms with Crippen LogP contribution in [0.3, 0.4) is 0 Å². The number of thiophene rings is 1. The minimum Gasteiger partial charge on any atom is -0.355 e. The van der Waals surface area contributed by atoms with Crippen molar-refractivity contribution in [2.24, 2.45) is 4.99 Å². The van der Waals surface area contributed by atoms with Crippen LogP contribution in [0, 0.1) is 5.82 Å². The van der Waals surface area contributed by atoms with Crippen LogP contribution in [0.2, 0.25) is 0 Å². The Balaban J connectivity index is 0.00000243. The number of halogens is 2. The molecule has 0 saturated heterocycles. The highest BCUT2D eigenvalue weighted by Crippen LogP contribution is 2.24. The Hall–Kier alpha value is -1.19. The molecule has 0 aliphatic carbocycles. The zero-order chi connectivity index (χ0) is 17.6. The summed E-state index contributed by atoms with van der Waals surface area (Å²) in [6.07, 6.45) is 1.15. The first-order chi connectivity index (χ1) is 12.2. The molecule has 0 spiro atoms. The summed E-state index contributed by atoms with van der Waals surface area (Å²) < 4.78 is 12.9. The van der Waals surface area contributed by atoms with Crippen LogP contribution < -0.4 is 10.6 Å². The van der Waals surface area contributed by atoms with Gasteiger partial charge in [0.2, 0.25) is 0 Å². The normalized spacial score (nSPS) is 15.7. The van der Waals surface area contributed by atoms with Gasteiger partial charge in [-0.15, -0.1) is 35.3 Å². The van der Waals surface area contributed by atoms with Crippen LogP contribution in [0.25, 0.3) is 0 Å². The summed E-state index contributed by atoms with van der Waals surface area (Å²) in [5.41, 5.74) is 2.50. The molecule has 142 valence electrons. The Labute approximate surface area is 175 Å². The summed E-state index contributed by atoms with van der Waals surface area (Å²) in [6, 6.07) is 9.19. The lowest BCUT2D eigenvalue weighted by atomic mass is 10.1. The van der Waals surface area contributed by atoms with Crippen molar-refractivity contribution in [2.45, 2.75) is 32.5 Å². The highest BCUT2D eigenvalue weighted by Gasteiger charge is 2.21. The number of nitrogens with zero attached hydrogens (tertiary/aromatic N) is 2. The second-order valence-electron chi connectivity index (χ2n) is 6.37. The van der Waals surface area contributed by atoms with E-state index in [1.54, 1.807) is 19.2 Å². The molecule has 0 saturated carbocycles. The molecule has 26 heavy (non-hydrogen) atoms. The van der Waals surface area contributed by atoms with E-state index in [4.69, 9.17) is 0 Å². The van der Waals surface area contributed by atoms with Gasteiger partial charge in [0, 0.05) is 44.1 Å². The van der Waals surface area contributed by atoms with Gasteiger partial charge in [0.25, 0.3) is 0 Å². The lowest BCUT2D eigenvalue weighted by Gasteiger charge is -2.32. The Morgan fingerprint density at radius 2 is 2.04 bits per heavy atom. The molecule has 1 aromatic carbocycles. The molecule has 0 bridgehead atoms. The lowest BCUT2D eigenvalue weighted by molar-refractivity contribution is 0.192. The Bertz CT molecular complexity index is 717. The number of hydrogen-bond acceptors (Lipinski definition) is 3. The van der Waals surface area contributed by atoms with Crippen LogP contribution in [0.5, 0.6) is 0 Å². The zero-order valence-electron chi connectivity index (χ0n) is 15.2. The molecule has 1 unspecified atom stereocenters. The summed E-state index contributed by atoms with van der Waals surface area (Å²) in [4.78, 5) is 8.31. The number of rotatable bonds is 5. The number of hydrogen-bond donors (Lipinski definition) is 2. The van der Waals surface area contributed by atoms with Crippen molar-refractivity contribution in [3.8, 4) is 0 Å². The SMILES string of the molecule is CN=C(NCc1ccc(F)cc1)NCC(C)N1CCc2sccc2C1.I. The molecular formula is C19H26FIN4S. The Morgan fingerprint density at radius 1 is 1.27 bits per heavy atom. The molecule has 4 nitrogen and oxygen atoms in total. The molecule has 0 fully saturated rings. The third-order valence-corrected chi connectivity index (χ3v) is 5.65. The number of aliphatic imine (C=N–C) groups is 1. The van der Waals surface area contributed by atoms with Crippen LogP contribution in [0.1, 0.15) is 22.9 Å². The average Bonchev–Trinajstić information content (AvgIpc) is 3.10. The topological polar surface area (TPSA) is 39.7 Å². The van der Waals surface area contributed by atoms with Gasteiger partial charge in [0.05, 0.1) is 0 Å². The predicted molar refractivity (Wildman–Crippen MR) is 118 cm³/mol. The van der Waals surface area contributed by atoms with Gasteiger partial charge >= 0.3 is 0 Å². The molecular weight excluding hydrogens is 462 g/mol. The maximum atomic E-state index is 12.9. The smallest absolute Gasteiger partial charge is 0.191 e. The molecule has 1 aliphatic heterocycles. The van der Waals surface area contributed by atoms with Crippen LogP contribution in [-0.2, 0) is 19.5 Å². The number of benzene rings is 1. The monoisotopic (exact) mass is 488 g/mol. The van der Waals surface area contributed by atoms with Gasteiger partial charge in [-0.2, -0.15) is 0 Å². The van der Waals surface area contributed by atoms with Crippen molar-refractivity contribution >= 4 is 41.3 Å². The number of nitrogens with one attached hydrogen (secondary N) is 2. The fourth-order valence-electron chi connectivity index (χ4n) is 3.03. The summed E-state index contributed by atoms with van der Waals surface area (Å²) >= 11 is 1.87. The molecule has 2 N–H and O–H groups in total. The average molecular weight is 488 g/mol. The van der Waals surface area contributed by atoms with E-state index in [9.17, 15) is 4.39 Å². The first-order valence-corrected chi connectivity index (χ1v) is 9.52. The number of fused-ring (bicyclic) bond motifs is 1. The fraction of sp³-hybridized carbons (Fsp3) is 0.421. The minimum absolute atomic E-state index is 0. The van der Waals surface area contributed by atoms with Crippen molar-refractivity contribution in [3.05, 3.63) is 57.5 Å². The minimum atomic E-state index is -0.213. The van der Waals surface area contributed by atoms with Gasteiger partial charge in [-0.05, 0) is 48.1 Å². The molecule has 2 heterocycles. The van der Waals surface area contributed by atoms with Gasteiger partial charge in [-0.1, -0.05) is 12.1 Å². The van der Waals surface area contributed by atoms with Crippen LogP contribution in [0.4, 0.5) is 4.39 Å². The molecule has 0 radical (unpaired) electrons. The van der Waals surface area contributed by atoms with Gasteiger partial charge in [0.1, 0.15) is 5.82 Å². The molecule has 2 aromatic rings. The van der Waals surface area contributed by atoms with Gasteiger partial charge < -0.3 is 10.6 Å². The Kier molecular flexibility index (Phi) is 8.30. The van der Waals surface area contributed by atoms with E-state index in [0.29, 0.717) is 12.6 Å². The van der Waals surface area contributed by atoms with Crippen molar-refractivity contribution in [1.82, 2.24) is 15.5 Å². The highest BCUT2D eigenvalue weighted by atomic mass is 127. The van der Waals surface area contributed by atoms with Gasteiger partial charge in [0.15, 0.2) is 5.96 Å². The molecule has 1 atom stereocenters. The second kappa shape index (κ2) is 10.2. The largest absolute Gasteiger partial charge is 0.355 e. The maximum Gasteiger partial charge on any atom is 0.191 e.